The van der Waals surface area contributed by atoms with Crippen molar-refractivity contribution in [2.24, 2.45) is 23.7 Å². The quantitative estimate of drug-likeness (QED) is 0.485. The minimum absolute atomic E-state index is 0.219. The number of hydrogen-bond acceptors (Lipinski definition) is 7. The molecule has 1 heterocycles. The van der Waals surface area contributed by atoms with Crippen molar-refractivity contribution in [3.8, 4) is 0 Å². The van der Waals surface area contributed by atoms with E-state index in [4.69, 9.17) is 9.47 Å². The summed E-state index contributed by atoms with van der Waals surface area (Å²) in [6.45, 7) is 0. The smallest absolute Gasteiger partial charge is 0.345 e. The first-order valence-corrected chi connectivity index (χ1v) is 7.78. The van der Waals surface area contributed by atoms with Crippen LogP contribution < -0.4 is 0 Å². The van der Waals surface area contributed by atoms with E-state index < -0.39 is 58.5 Å². The second kappa shape index (κ2) is 5.27. The molecule has 9 heteroatoms. The van der Waals surface area contributed by atoms with Crippen molar-refractivity contribution >= 4 is 23.6 Å². The van der Waals surface area contributed by atoms with Crippen LogP contribution in [-0.4, -0.2) is 40.1 Å². The summed E-state index contributed by atoms with van der Waals surface area (Å²) in [5, 5.41) is 20.5. The summed E-state index contributed by atoms with van der Waals surface area (Å²) in [7, 11) is 0. The lowest BCUT2D eigenvalue weighted by Gasteiger charge is -2.29. The van der Waals surface area contributed by atoms with Gasteiger partial charge in [0.25, 0.3) is 5.69 Å². The van der Waals surface area contributed by atoms with E-state index in [9.17, 15) is 29.6 Å². The zero-order chi connectivity index (χ0) is 17.9. The maximum atomic E-state index is 12.4. The van der Waals surface area contributed by atoms with Gasteiger partial charge < -0.3 is 14.6 Å². The lowest BCUT2D eigenvalue weighted by molar-refractivity contribution is -0.385. The maximum Gasteiger partial charge on any atom is 0.345 e. The van der Waals surface area contributed by atoms with Crippen molar-refractivity contribution in [1.82, 2.24) is 0 Å². The van der Waals surface area contributed by atoms with Gasteiger partial charge in [0.1, 0.15) is 17.8 Å². The standard InChI is InChI=1S/C16H13NO8/c18-14(19)10-7-5-8-11(10)16(21)25-13(8)12(7)24-15(20)6-3-1-2-4-9(6)17(22)23/h1-4,7-8,10-13H,5H2,(H,18,19). The number of benzene rings is 1. The average molecular weight is 347 g/mol. The Labute approximate surface area is 140 Å². The van der Waals surface area contributed by atoms with E-state index in [0.717, 1.165) is 0 Å². The number of fused-ring (bicyclic) bond motifs is 1. The number of esters is 2. The molecule has 0 amide bonds. The third-order valence-electron chi connectivity index (χ3n) is 5.39. The molecule has 6 atom stereocenters. The number of nitro benzene ring substituents is 1. The van der Waals surface area contributed by atoms with E-state index in [1.165, 1.54) is 24.3 Å². The van der Waals surface area contributed by atoms with E-state index in [0.29, 0.717) is 6.42 Å². The molecule has 1 saturated heterocycles. The zero-order valence-corrected chi connectivity index (χ0v) is 12.7. The first-order valence-electron chi connectivity index (χ1n) is 7.78. The van der Waals surface area contributed by atoms with E-state index in [1.807, 2.05) is 0 Å². The topological polar surface area (TPSA) is 133 Å². The van der Waals surface area contributed by atoms with Crippen LogP contribution in [0.3, 0.4) is 0 Å². The number of ether oxygens (including phenoxy) is 2. The maximum absolute atomic E-state index is 12.4. The third-order valence-corrected chi connectivity index (χ3v) is 5.39. The number of aliphatic carboxylic acids is 1. The normalized spacial score (nSPS) is 34.6. The lowest BCUT2D eigenvalue weighted by Crippen LogP contribution is -2.43. The molecule has 25 heavy (non-hydrogen) atoms. The SMILES string of the molecule is O=C(OC1C2CC3C1OC(=O)C3C2C(=O)O)c1ccccc1[N+](=O)[O-]. The Bertz CT molecular complexity index is 805. The van der Waals surface area contributed by atoms with Crippen molar-refractivity contribution in [2.45, 2.75) is 18.6 Å². The monoisotopic (exact) mass is 347 g/mol. The fourth-order valence-corrected chi connectivity index (χ4v) is 4.48. The van der Waals surface area contributed by atoms with Crippen LogP contribution >= 0.6 is 0 Å². The molecule has 4 rings (SSSR count). The molecule has 9 nitrogen and oxygen atoms in total. The van der Waals surface area contributed by atoms with Crippen LogP contribution in [-0.2, 0) is 19.1 Å². The molecule has 3 aliphatic rings. The van der Waals surface area contributed by atoms with E-state index in [-0.39, 0.29) is 11.5 Å². The molecule has 2 saturated carbocycles. The Hall–Kier alpha value is -2.97. The fraction of sp³-hybridized carbons (Fsp3) is 0.438. The van der Waals surface area contributed by atoms with Gasteiger partial charge in [-0.2, -0.15) is 0 Å². The molecule has 130 valence electrons. The summed E-state index contributed by atoms with van der Waals surface area (Å²) >= 11 is 0. The van der Waals surface area contributed by atoms with E-state index in [1.54, 1.807) is 0 Å². The van der Waals surface area contributed by atoms with Crippen LogP contribution in [0.1, 0.15) is 16.8 Å². The molecule has 2 aliphatic carbocycles. The van der Waals surface area contributed by atoms with Crippen molar-refractivity contribution in [3.63, 3.8) is 0 Å². The van der Waals surface area contributed by atoms with Gasteiger partial charge >= 0.3 is 17.9 Å². The fourth-order valence-electron chi connectivity index (χ4n) is 4.48. The number of para-hydroxylation sites is 1. The number of carboxylic acid groups (broad SMARTS) is 1. The van der Waals surface area contributed by atoms with Gasteiger partial charge in [0.15, 0.2) is 0 Å². The summed E-state index contributed by atoms with van der Waals surface area (Å²) < 4.78 is 10.6. The number of carbonyl (C=O) groups is 3. The summed E-state index contributed by atoms with van der Waals surface area (Å²) in [6, 6.07) is 5.35. The first kappa shape index (κ1) is 15.6. The van der Waals surface area contributed by atoms with E-state index in [2.05, 4.69) is 0 Å². The summed E-state index contributed by atoms with van der Waals surface area (Å²) in [4.78, 5) is 46.3. The summed E-state index contributed by atoms with van der Waals surface area (Å²) in [5.74, 6) is -5.10. The number of carbonyl (C=O) groups excluding carboxylic acids is 2. The predicted octanol–water partition coefficient (Wildman–Crippen LogP) is 1.01. The number of nitro groups is 1. The number of carboxylic acids is 1. The predicted molar refractivity (Wildman–Crippen MR) is 78.4 cm³/mol. The minimum Gasteiger partial charge on any atom is -0.481 e. The van der Waals surface area contributed by atoms with Crippen LogP contribution in [0.25, 0.3) is 0 Å². The highest BCUT2D eigenvalue weighted by Crippen LogP contribution is 2.58. The number of hydrogen-bond donors (Lipinski definition) is 1. The molecular weight excluding hydrogens is 334 g/mol. The van der Waals surface area contributed by atoms with Crippen molar-refractivity contribution in [2.75, 3.05) is 0 Å². The van der Waals surface area contributed by atoms with Gasteiger partial charge in [0.05, 0.1) is 16.8 Å². The van der Waals surface area contributed by atoms with Crippen LogP contribution in [0, 0.1) is 33.8 Å². The van der Waals surface area contributed by atoms with Crippen molar-refractivity contribution < 1.29 is 33.9 Å². The lowest BCUT2D eigenvalue weighted by atomic mass is 9.78. The molecule has 3 fully saturated rings. The van der Waals surface area contributed by atoms with Gasteiger partial charge in [-0.25, -0.2) is 4.79 Å². The molecule has 1 N–H and O–H groups in total. The molecule has 0 radical (unpaired) electrons. The third kappa shape index (κ3) is 2.11. The largest absolute Gasteiger partial charge is 0.481 e. The van der Waals surface area contributed by atoms with Crippen LogP contribution in [0.15, 0.2) is 24.3 Å². The molecule has 1 aliphatic heterocycles. The molecule has 1 aromatic rings. The van der Waals surface area contributed by atoms with Gasteiger partial charge in [-0.15, -0.1) is 0 Å². The van der Waals surface area contributed by atoms with Crippen LogP contribution in [0.2, 0.25) is 0 Å². The van der Waals surface area contributed by atoms with Crippen molar-refractivity contribution in [3.05, 3.63) is 39.9 Å². The van der Waals surface area contributed by atoms with Crippen LogP contribution in [0.5, 0.6) is 0 Å². The molecule has 2 bridgehead atoms. The van der Waals surface area contributed by atoms with Crippen LogP contribution in [0.4, 0.5) is 5.69 Å². The van der Waals surface area contributed by atoms with Gasteiger partial charge in [0.2, 0.25) is 0 Å². The Balaban J connectivity index is 1.62. The first-order chi connectivity index (χ1) is 11.9. The molecule has 0 aromatic heterocycles. The molecule has 1 aromatic carbocycles. The highest BCUT2D eigenvalue weighted by Gasteiger charge is 2.70. The second-order valence-electron chi connectivity index (χ2n) is 6.50. The Morgan fingerprint density at radius 1 is 1.28 bits per heavy atom. The Morgan fingerprint density at radius 3 is 2.68 bits per heavy atom. The number of nitrogens with zero attached hydrogens (tertiary/aromatic N) is 1. The zero-order valence-electron chi connectivity index (χ0n) is 12.7. The van der Waals surface area contributed by atoms with Gasteiger partial charge in [-0.1, -0.05) is 12.1 Å². The van der Waals surface area contributed by atoms with Gasteiger partial charge in [0, 0.05) is 17.9 Å². The molecular formula is C16H13NO8. The second-order valence-corrected chi connectivity index (χ2v) is 6.50. The number of rotatable bonds is 4. The van der Waals surface area contributed by atoms with Gasteiger partial charge in [-0.3, -0.25) is 19.7 Å². The minimum atomic E-state index is -1.12. The van der Waals surface area contributed by atoms with Gasteiger partial charge in [-0.05, 0) is 12.5 Å². The molecule has 6 unspecified atom stereocenters. The van der Waals surface area contributed by atoms with Crippen molar-refractivity contribution in [1.29, 1.82) is 0 Å². The highest BCUT2D eigenvalue weighted by atomic mass is 16.6. The van der Waals surface area contributed by atoms with E-state index >= 15 is 0 Å². The summed E-state index contributed by atoms with van der Waals surface area (Å²) in [6.07, 6.45) is -1.15. The Morgan fingerprint density at radius 2 is 2.00 bits per heavy atom. The molecule has 0 spiro atoms. The average Bonchev–Trinajstić information content (AvgIpc) is 3.18. The summed E-state index contributed by atoms with van der Waals surface area (Å²) in [5.41, 5.74) is -0.616. The Kier molecular flexibility index (Phi) is 3.28. The highest BCUT2D eigenvalue weighted by molar-refractivity contribution is 5.94.